The summed E-state index contributed by atoms with van der Waals surface area (Å²) in [6.07, 6.45) is 1.42. The van der Waals surface area contributed by atoms with Crippen molar-refractivity contribution in [2.75, 3.05) is 7.11 Å². The number of methoxy groups -OCH3 is 1. The topological polar surface area (TPSA) is 114 Å². The Bertz CT molecular complexity index is 1370. The molecule has 0 aliphatic heterocycles. The Hall–Kier alpha value is -4.34. The molecule has 10 nitrogen and oxygen atoms in total. The highest BCUT2D eigenvalue weighted by Crippen LogP contribution is 2.20. The molecular weight excluding hydrogens is 386 g/mol. The van der Waals surface area contributed by atoms with E-state index in [9.17, 15) is 4.79 Å². The number of benzene rings is 2. The third-order valence-electron chi connectivity index (χ3n) is 4.55. The Kier molecular flexibility index (Phi) is 4.28. The summed E-state index contributed by atoms with van der Waals surface area (Å²) in [5, 5.41) is 12.0. The lowest BCUT2D eigenvalue weighted by Crippen LogP contribution is -2.21. The second-order valence-corrected chi connectivity index (χ2v) is 6.43. The van der Waals surface area contributed by atoms with Crippen LogP contribution in [0.4, 0.5) is 0 Å². The molecule has 0 aliphatic rings. The lowest BCUT2D eigenvalue weighted by Gasteiger charge is -2.02. The van der Waals surface area contributed by atoms with Crippen LogP contribution < -0.4 is 10.3 Å². The van der Waals surface area contributed by atoms with E-state index in [1.165, 1.54) is 15.6 Å². The highest BCUT2D eigenvalue weighted by Gasteiger charge is 2.15. The molecule has 3 heterocycles. The number of fused-ring (bicyclic) bond motifs is 1. The lowest BCUT2D eigenvalue weighted by atomic mass is 10.2. The first kappa shape index (κ1) is 17.7. The van der Waals surface area contributed by atoms with Gasteiger partial charge in [0.1, 0.15) is 18.6 Å². The molecule has 30 heavy (non-hydrogen) atoms. The van der Waals surface area contributed by atoms with E-state index in [4.69, 9.17) is 9.26 Å². The van der Waals surface area contributed by atoms with E-state index in [-0.39, 0.29) is 23.5 Å². The zero-order valence-corrected chi connectivity index (χ0v) is 15.8. The molecule has 0 aliphatic carbocycles. The van der Waals surface area contributed by atoms with Gasteiger partial charge in [-0.3, -0.25) is 9.36 Å². The highest BCUT2D eigenvalue weighted by atomic mass is 16.5. The number of aromatic nitrogens is 7. The Morgan fingerprint density at radius 1 is 1.07 bits per heavy atom. The molecule has 0 bridgehead atoms. The van der Waals surface area contributed by atoms with Gasteiger partial charge < -0.3 is 9.26 Å². The Labute approximate surface area is 169 Å². The predicted molar refractivity (Wildman–Crippen MR) is 106 cm³/mol. The molecule has 0 atom stereocenters. The van der Waals surface area contributed by atoms with Gasteiger partial charge in [-0.05, 0) is 36.4 Å². The molecule has 5 rings (SSSR count). The van der Waals surface area contributed by atoms with E-state index < -0.39 is 0 Å². The maximum absolute atomic E-state index is 12.8. The van der Waals surface area contributed by atoms with E-state index >= 15 is 0 Å². The van der Waals surface area contributed by atoms with Crippen LogP contribution >= 0.6 is 0 Å². The number of ether oxygens (including phenoxy) is 1. The van der Waals surface area contributed by atoms with Crippen molar-refractivity contribution >= 4 is 11.2 Å². The molecule has 148 valence electrons. The lowest BCUT2D eigenvalue weighted by molar-refractivity contribution is 0.369. The van der Waals surface area contributed by atoms with E-state index in [1.807, 2.05) is 54.6 Å². The first-order valence-electron chi connectivity index (χ1n) is 9.06. The molecule has 0 N–H and O–H groups in total. The largest absolute Gasteiger partial charge is 0.497 e. The van der Waals surface area contributed by atoms with Crippen molar-refractivity contribution in [2.45, 2.75) is 6.54 Å². The smallest absolute Gasteiger partial charge is 0.284 e. The van der Waals surface area contributed by atoms with Crippen molar-refractivity contribution in [3.05, 3.63) is 77.2 Å². The molecule has 3 aromatic heterocycles. The minimum atomic E-state index is -0.341. The molecular formula is C20H15N7O3. The fourth-order valence-corrected chi connectivity index (χ4v) is 3.02. The molecule has 0 saturated carbocycles. The maximum atomic E-state index is 12.8. The fourth-order valence-electron chi connectivity index (χ4n) is 3.02. The molecule has 0 amide bonds. The minimum absolute atomic E-state index is 0.0725. The van der Waals surface area contributed by atoms with Crippen LogP contribution in [0.25, 0.3) is 28.2 Å². The predicted octanol–water partition coefficient (Wildman–Crippen LogP) is 2.08. The summed E-state index contributed by atoms with van der Waals surface area (Å²) >= 11 is 0. The standard InChI is InChI=1S/C20H15N7O3/c1-29-15-9-7-13(8-10-15)18-22-16(30-24-18)11-26-12-21-19-17(20(26)28)23-25-27(19)14-5-3-2-4-6-14/h2-10,12H,11H2,1H3. The molecule has 2 aromatic carbocycles. The molecule has 0 unspecified atom stereocenters. The summed E-state index contributed by atoms with van der Waals surface area (Å²) in [6.45, 7) is 0.0725. The summed E-state index contributed by atoms with van der Waals surface area (Å²) in [7, 11) is 1.60. The summed E-state index contributed by atoms with van der Waals surface area (Å²) in [6, 6.07) is 16.6. The van der Waals surface area contributed by atoms with Gasteiger partial charge in [0.05, 0.1) is 12.8 Å². The first-order chi connectivity index (χ1) is 14.7. The van der Waals surface area contributed by atoms with Crippen LogP contribution in [0.1, 0.15) is 5.89 Å². The molecule has 0 spiro atoms. The van der Waals surface area contributed by atoms with Gasteiger partial charge in [0.15, 0.2) is 11.2 Å². The van der Waals surface area contributed by atoms with E-state index in [2.05, 4.69) is 25.4 Å². The average molecular weight is 401 g/mol. The Balaban J connectivity index is 1.44. The van der Waals surface area contributed by atoms with E-state index in [1.54, 1.807) is 7.11 Å². The summed E-state index contributed by atoms with van der Waals surface area (Å²) in [5.41, 5.74) is 1.75. The average Bonchev–Trinajstić information content (AvgIpc) is 3.44. The quantitative estimate of drug-likeness (QED) is 0.440. The van der Waals surface area contributed by atoms with Gasteiger partial charge >= 0.3 is 0 Å². The number of hydrogen-bond acceptors (Lipinski definition) is 8. The summed E-state index contributed by atoms with van der Waals surface area (Å²) in [4.78, 5) is 21.5. The zero-order chi connectivity index (χ0) is 20.5. The van der Waals surface area contributed by atoms with E-state index in [0.29, 0.717) is 11.5 Å². The van der Waals surface area contributed by atoms with Crippen molar-refractivity contribution in [3.63, 3.8) is 0 Å². The van der Waals surface area contributed by atoms with Crippen molar-refractivity contribution in [1.29, 1.82) is 0 Å². The Morgan fingerprint density at radius 2 is 1.87 bits per heavy atom. The number of para-hydroxylation sites is 1. The second kappa shape index (κ2) is 7.24. The van der Waals surface area contributed by atoms with Crippen molar-refractivity contribution in [3.8, 4) is 22.8 Å². The van der Waals surface area contributed by atoms with Gasteiger partial charge in [-0.1, -0.05) is 28.6 Å². The van der Waals surface area contributed by atoms with Gasteiger partial charge in [0.25, 0.3) is 5.56 Å². The van der Waals surface area contributed by atoms with Gasteiger partial charge in [0, 0.05) is 5.56 Å². The van der Waals surface area contributed by atoms with Gasteiger partial charge in [-0.15, -0.1) is 5.10 Å². The van der Waals surface area contributed by atoms with E-state index in [0.717, 1.165) is 17.0 Å². The minimum Gasteiger partial charge on any atom is -0.497 e. The third kappa shape index (κ3) is 3.09. The van der Waals surface area contributed by atoms with Crippen LogP contribution in [-0.2, 0) is 6.54 Å². The second-order valence-electron chi connectivity index (χ2n) is 6.43. The van der Waals surface area contributed by atoms with Gasteiger partial charge in [-0.2, -0.15) is 9.67 Å². The Morgan fingerprint density at radius 3 is 2.63 bits per heavy atom. The van der Waals surface area contributed by atoms with Crippen molar-refractivity contribution in [1.82, 2.24) is 34.7 Å². The van der Waals surface area contributed by atoms with Crippen LogP contribution in [0.5, 0.6) is 5.75 Å². The number of nitrogens with zero attached hydrogens (tertiary/aromatic N) is 7. The van der Waals surface area contributed by atoms with Crippen molar-refractivity contribution < 1.29 is 9.26 Å². The zero-order valence-electron chi connectivity index (χ0n) is 15.8. The SMILES string of the molecule is COc1ccc(-c2noc(Cn3cnc4c(nnn4-c4ccccc4)c3=O)n2)cc1. The third-order valence-corrected chi connectivity index (χ3v) is 4.55. The van der Waals surface area contributed by atoms with Crippen LogP contribution in [0.2, 0.25) is 0 Å². The molecule has 0 radical (unpaired) electrons. The molecule has 0 saturated heterocycles. The molecule has 0 fully saturated rings. The van der Waals surface area contributed by atoms with Crippen LogP contribution in [0, 0.1) is 0 Å². The number of hydrogen-bond donors (Lipinski definition) is 0. The van der Waals surface area contributed by atoms with Crippen LogP contribution in [0.3, 0.4) is 0 Å². The normalized spacial score (nSPS) is 11.1. The fraction of sp³-hybridized carbons (Fsp3) is 0.100. The van der Waals surface area contributed by atoms with Gasteiger partial charge in [0.2, 0.25) is 11.7 Å². The summed E-state index contributed by atoms with van der Waals surface area (Å²) in [5.74, 6) is 1.43. The van der Waals surface area contributed by atoms with Crippen molar-refractivity contribution in [2.24, 2.45) is 0 Å². The maximum Gasteiger partial charge on any atom is 0.284 e. The number of rotatable bonds is 5. The van der Waals surface area contributed by atoms with Crippen LogP contribution in [0.15, 0.2) is 70.2 Å². The first-order valence-corrected chi connectivity index (χ1v) is 9.06. The highest BCUT2D eigenvalue weighted by molar-refractivity contribution is 5.70. The summed E-state index contributed by atoms with van der Waals surface area (Å²) < 4.78 is 13.3. The molecule has 5 aromatic rings. The van der Waals surface area contributed by atoms with Crippen LogP contribution in [-0.4, -0.2) is 41.8 Å². The van der Waals surface area contributed by atoms with Gasteiger partial charge in [-0.25, -0.2) is 4.98 Å². The molecule has 10 heteroatoms. The monoisotopic (exact) mass is 401 g/mol.